The summed E-state index contributed by atoms with van der Waals surface area (Å²) in [4.78, 5) is 4.72. The van der Waals surface area contributed by atoms with Crippen molar-refractivity contribution in [2.24, 2.45) is 5.92 Å². The Balaban J connectivity index is 1.46. The van der Waals surface area contributed by atoms with Crippen LogP contribution in [0.5, 0.6) is 0 Å². The molecule has 2 heteroatoms. The maximum Gasteiger partial charge on any atom is 0.115 e. The molecule has 146 valence electrons. The first-order chi connectivity index (χ1) is 14.7. The molecule has 1 heterocycles. The molecule has 0 saturated heterocycles. The minimum Gasteiger partial charge on any atom is -0.380 e. The number of aliphatic hydroxyl groups is 1. The summed E-state index contributed by atoms with van der Waals surface area (Å²) in [6, 6.07) is 33.1. The second-order valence-electron chi connectivity index (χ2n) is 8.61. The van der Waals surface area contributed by atoms with Crippen molar-refractivity contribution in [3.05, 3.63) is 126 Å². The Morgan fingerprint density at radius 3 is 2.07 bits per heavy atom. The Labute approximate surface area is 176 Å². The highest BCUT2D eigenvalue weighted by Gasteiger charge is 2.62. The van der Waals surface area contributed by atoms with Gasteiger partial charge >= 0.3 is 0 Å². The van der Waals surface area contributed by atoms with E-state index in [4.69, 9.17) is 4.98 Å². The van der Waals surface area contributed by atoms with Gasteiger partial charge in [-0.3, -0.25) is 4.98 Å². The van der Waals surface area contributed by atoms with Crippen LogP contribution in [-0.4, -0.2) is 10.1 Å². The fraction of sp³-hybridized carbons (Fsp3) is 0.179. The second kappa shape index (κ2) is 6.38. The molecule has 0 radical (unpaired) electrons. The Morgan fingerprint density at radius 2 is 1.37 bits per heavy atom. The minimum atomic E-state index is -1.02. The summed E-state index contributed by atoms with van der Waals surface area (Å²) in [5.41, 5.74) is 5.91. The van der Waals surface area contributed by atoms with Gasteiger partial charge in [-0.25, -0.2) is 0 Å². The zero-order valence-corrected chi connectivity index (χ0v) is 16.7. The van der Waals surface area contributed by atoms with Gasteiger partial charge in [0.15, 0.2) is 0 Å². The van der Waals surface area contributed by atoms with Gasteiger partial charge in [-0.2, -0.15) is 0 Å². The quantitative estimate of drug-likeness (QED) is 0.486. The molecule has 30 heavy (non-hydrogen) atoms. The third-order valence-electron chi connectivity index (χ3n) is 7.10. The lowest BCUT2D eigenvalue weighted by atomic mass is 9.79. The molecule has 2 aliphatic carbocycles. The van der Waals surface area contributed by atoms with Crippen molar-refractivity contribution in [2.45, 2.75) is 23.9 Å². The summed E-state index contributed by atoms with van der Waals surface area (Å²) in [6.45, 7) is 0. The number of rotatable bonds is 4. The van der Waals surface area contributed by atoms with E-state index >= 15 is 0 Å². The van der Waals surface area contributed by atoms with Crippen molar-refractivity contribution in [1.82, 2.24) is 4.98 Å². The van der Waals surface area contributed by atoms with E-state index in [-0.39, 0.29) is 5.41 Å². The van der Waals surface area contributed by atoms with Crippen LogP contribution in [0.4, 0.5) is 0 Å². The van der Waals surface area contributed by atoms with E-state index in [1.54, 1.807) is 0 Å². The third-order valence-corrected chi connectivity index (χ3v) is 7.10. The summed E-state index contributed by atoms with van der Waals surface area (Å²) >= 11 is 0. The van der Waals surface area contributed by atoms with E-state index in [9.17, 15) is 5.11 Å². The number of hydrogen-bond donors (Lipinski definition) is 1. The van der Waals surface area contributed by atoms with Gasteiger partial charge in [0.25, 0.3) is 0 Å². The smallest absolute Gasteiger partial charge is 0.115 e. The first kappa shape index (κ1) is 17.6. The number of aromatic nitrogens is 1. The Bertz CT molecular complexity index is 1130. The highest BCUT2D eigenvalue weighted by molar-refractivity contribution is 5.80. The molecule has 1 fully saturated rings. The highest BCUT2D eigenvalue weighted by atomic mass is 16.3. The molecule has 0 unspecified atom stereocenters. The summed E-state index contributed by atoms with van der Waals surface area (Å²) in [5.74, 6) is 0.356. The molecule has 2 aliphatic rings. The maximum atomic E-state index is 12.1. The maximum absolute atomic E-state index is 12.1. The van der Waals surface area contributed by atoms with Gasteiger partial charge in [0, 0.05) is 17.2 Å². The molecule has 0 amide bonds. The predicted molar refractivity (Wildman–Crippen MR) is 119 cm³/mol. The summed E-state index contributed by atoms with van der Waals surface area (Å²) in [7, 11) is 0. The van der Waals surface area contributed by atoms with E-state index in [1.807, 2.05) is 72.9 Å². The average Bonchev–Trinajstić information content (AvgIpc) is 3.46. The van der Waals surface area contributed by atoms with Crippen LogP contribution in [0.25, 0.3) is 11.3 Å². The number of benzene rings is 3. The molecule has 1 spiro atoms. The van der Waals surface area contributed by atoms with Crippen molar-refractivity contribution in [2.75, 3.05) is 0 Å². The molecular formula is C28H23NO. The molecule has 6 rings (SSSR count). The van der Waals surface area contributed by atoms with Crippen LogP contribution in [0.15, 0.2) is 103 Å². The van der Waals surface area contributed by atoms with E-state index in [1.165, 1.54) is 16.7 Å². The van der Waals surface area contributed by atoms with Crippen LogP contribution in [0.1, 0.15) is 35.1 Å². The first-order valence-corrected chi connectivity index (χ1v) is 10.6. The lowest BCUT2D eigenvalue weighted by molar-refractivity contribution is 0.0629. The predicted octanol–water partition coefficient (Wildman–Crippen LogP) is 5.69. The van der Waals surface area contributed by atoms with Gasteiger partial charge in [-0.15, -0.1) is 0 Å². The van der Waals surface area contributed by atoms with Gasteiger partial charge in [0.05, 0.1) is 5.69 Å². The van der Waals surface area contributed by atoms with Crippen molar-refractivity contribution in [3.63, 3.8) is 0 Å². The van der Waals surface area contributed by atoms with E-state index in [0.29, 0.717) is 12.3 Å². The average molecular weight is 389 g/mol. The normalized spacial score (nSPS) is 21.3. The lowest BCUT2D eigenvalue weighted by Gasteiger charge is -2.31. The molecule has 2 nitrogen and oxygen atoms in total. The third kappa shape index (κ3) is 2.37. The lowest BCUT2D eigenvalue weighted by Crippen LogP contribution is -2.29. The van der Waals surface area contributed by atoms with Gasteiger partial charge in [-0.05, 0) is 47.1 Å². The molecule has 4 aromatic rings. The van der Waals surface area contributed by atoms with Crippen molar-refractivity contribution in [1.29, 1.82) is 0 Å². The molecule has 2 atom stereocenters. The minimum absolute atomic E-state index is 0.0300. The fourth-order valence-corrected chi connectivity index (χ4v) is 5.63. The molecule has 1 saturated carbocycles. The molecule has 1 aromatic heterocycles. The van der Waals surface area contributed by atoms with Crippen LogP contribution in [0.3, 0.4) is 0 Å². The zero-order chi connectivity index (χ0) is 20.2. The van der Waals surface area contributed by atoms with Crippen molar-refractivity contribution < 1.29 is 5.11 Å². The molecular weight excluding hydrogens is 366 g/mol. The van der Waals surface area contributed by atoms with Crippen molar-refractivity contribution in [3.8, 4) is 11.3 Å². The zero-order valence-electron chi connectivity index (χ0n) is 16.7. The number of pyridine rings is 1. The highest BCUT2D eigenvalue weighted by Crippen LogP contribution is 2.68. The van der Waals surface area contributed by atoms with Crippen LogP contribution in [0, 0.1) is 5.92 Å². The van der Waals surface area contributed by atoms with Crippen LogP contribution in [-0.2, 0) is 11.0 Å². The topological polar surface area (TPSA) is 33.1 Å². The number of fused-ring (bicyclic) bond motifs is 5. The second-order valence-corrected chi connectivity index (χ2v) is 8.61. The largest absolute Gasteiger partial charge is 0.380 e. The Kier molecular flexibility index (Phi) is 3.75. The van der Waals surface area contributed by atoms with Gasteiger partial charge in [0.2, 0.25) is 0 Å². The van der Waals surface area contributed by atoms with E-state index in [0.717, 1.165) is 23.2 Å². The number of hydrogen-bond acceptors (Lipinski definition) is 2. The molecule has 3 aromatic carbocycles. The summed E-state index contributed by atoms with van der Waals surface area (Å²) in [6.07, 6.45) is 3.62. The molecule has 0 aliphatic heterocycles. The summed E-state index contributed by atoms with van der Waals surface area (Å²) < 4.78 is 0. The van der Waals surface area contributed by atoms with Gasteiger partial charge in [0.1, 0.15) is 5.60 Å². The SMILES string of the molecule is OC(C[C@@H]1C[C@]12c1ccccc1-c1ncccc12)(c1ccccc1)c1ccccc1. The first-order valence-electron chi connectivity index (χ1n) is 10.6. The molecule has 0 bridgehead atoms. The fourth-order valence-electron chi connectivity index (χ4n) is 5.63. The Hall–Kier alpha value is -3.23. The molecule has 1 N–H and O–H groups in total. The van der Waals surface area contributed by atoms with E-state index in [2.05, 4.69) is 30.3 Å². The van der Waals surface area contributed by atoms with Crippen molar-refractivity contribution >= 4 is 0 Å². The standard InChI is InChI=1S/C28H23NO/c30-28(20-10-3-1-4-11-20,21-12-5-2-6-13-21)19-22-18-27(22)24-15-8-7-14-23(24)26-25(27)16-9-17-29-26/h1-17,22,30H,18-19H2/t22-,27+/m0/s1. The summed E-state index contributed by atoms with van der Waals surface area (Å²) in [5, 5.41) is 12.1. The van der Waals surface area contributed by atoms with Crippen LogP contribution >= 0.6 is 0 Å². The van der Waals surface area contributed by atoms with Crippen LogP contribution in [0.2, 0.25) is 0 Å². The number of nitrogens with zero attached hydrogens (tertiary/aromatic N) is 1. The Morgan fingerprint density at radius 1 is 0.767 bits per heavy atom. The van der Waals surface area contributed by atoms with Crippen LogP contribution < -0.4 is 0 Å². The van der Waals surface area contributed by atoms with Gasteiger partial charge < -0.3 is 5.11 Å². The van der Waals surface area contributed by atoms with E-state index < -0.39 is 5.60 Å². The monoisotopic (exact) mass is 389 g/mol. The van der Waals surface area contributed by atoms with Gasteiger partial charge in [-0.1, -0.05) is 91.0 Å².